The molecule has 3 aromatic rings. The zero-order valence-electron chi connectivity index (χ0n) is 12.5. The number of rotatable bonds is 3. The van der Waals surface area contributed by atoms with Crippen molar-refractivity contribution in [1.29, 1.82) is 0 Å². The van der Waals surface area contributed by atoms with Crippen molar-refractivity contribution in [2.24, 2.45) is 0 Å². The third-order valence-corrected chi connectivity index (χ3v) is 4.86. The molecule has 0 atom stereocenters. The molecule has 3 rings (SSSR count). The van der Waals surface area contributed by atoms with Gasteiger partial charge < -0.3 is 4.74 Å². The number of carbonyl (C=O) groups excluding carboxylic acids is 2. The number of esters is 1. The van der Waals surface area contributed by atoms with Crippen molar-refractivity contribution >= 4 is 32.6 Å². The molecule has 6 nitrogen and oxygen atoms in total. The van der Waals surface area contributed by atoms with Crippen LogP contribution < -0.4 is 0 Å². The van der Waals surface area contributed by atoms with Gasteiger partial charge in [-0.1, -0.05) is 36.4 Å². The Morgan fingerprint density at radius 1 is 0.917 bits per heavy atom. The van der Waals surface area contributed by atoms with Gasteiger partial charge in [0.1, 0.15) is 0 Å². The van der Waals surface area contributed by atoms with E-state index < -0.39 is 27.7 Å². The molecule has 24 heavy (non-hydrogen) atoms. The summed E-state index contributed by atoms with van der Waals surface area (Å²) in [5.74, 6) is -3.06. The summed E-state index contributed by atoms with van der Waals surface area (Å²) in [6.45, 7) is 0. The Bertz CT molecular complexity index is 1010. The minimum Gasteiger partial charge on any atom is -0.442 e. The Balaban J connectivity index is 1.75. The summed E-state index contributed by atoms with van der Waals surface area (Å²) < 4.78 is 30.0. The fourth-order valence-electron chi connectivity index (χ4n) is 2.25. The summed E-state index contributed by atoms with van der Waals surface area (Å²) in [6.07, 6.45) is 1.44. The molecule has 0 N–H and O–H groups in total. The van der Waals surface area contributed by atoms with Crippen LogP contribution in [0.2, 0.25) is 0 Å². The van der Waals surface area contributed by atoms with Crippen LogP contribution in [-0.2, 0) is 19.4 Å². The highest BCUT2D eigenvalue weighted by Gasteiger charge is 2.23. The molecule has 0 radical (unpaired) electrons. The number of benzene rings is 2. The summed E-state index contributed by atoms with van der Waals surface area (Å²) in [7, 11) is -3.80. The highest BCUT2D eigenvalue weighted by molar-refractivity contribution is 7.91. The average Bonchev–Trinajstić information content (AvgIpc) is 3.04. The van der Waals surface area contributed by atoms with Crippen molar-refractivity contribution in [2.45, 2.75) is 4.90 Å². The molecule has 0 aliphatic carbocycles. The molecular weight excluding hydrogens is 330 g/mol. The van der Waals surface area contributed by atoms with Gasteiger partial charge in [0.05, 0.1) is 10.4 Å². The molecule has 0 aliphatic heterocycles. The first kappa shape index (κ1) is 15.9. The molecule has 0 amide bonds. The van der Waals surface area contributed by atoms with Crippen LogP contribution in [0.25, 0.3) is 10.9 Å². The van der Waals surface area contributed by atoms with E-state index in [0.717, 1.165) is 9.95 Å². The lowest BCUT2D eigenvalue weighted by Gasteiger charge is -2.07. The highest BCUT2D eigenvalue weighted by Crippen LogP contribution is 2.15. The number of hydrogen-bond acceptors (Lipinski definition) is 5. The number of carbonyl (C=O) groups is 2. The second-order valence-electron chi connectivity index (χ2n) is 5.03. The lowest BCUT2D eigenvalue weighted by Crippen LogP contribution is -2.26. The SMILES string of the molecule is O=C(OCS(=O)(=O)c1ccccc1)C(=O)n1ccc2ccccc21. The summed E-state index contributed by atoms with van der Waals surface area (Å²) in [5.41, 5.74) is 0.547. The van der Waals surface area contributed by atoms with Gasteiger partial charge >= 0.3 is 11.9 Å². The maximum Gasteiger partial charge on any atom is 0.398 e. The van der Waals surface area contributed by atoms with Crippen molar-refractivity contribution in [3.8, 4) is 0 Å². The molecule has 7 heteroatoms. The summed E-state index contributed by atoms with van der Waals surface area (Å²) in [4.78, 5) is 24.1. The Morgan fingerprint density at radius 3 is 2.33 bits per heavy atom. The van der Waals surface area contributed by atoms with Crippen LogP contribution in [-0.4, -0.2) is 30.8 Å². The predicted molar refractivity (Wildman–Crippen MR) is 87.2 cm³/mol. The van der Waals surface area contributed by atoms with Gasteiger partial charge in [-0.25, -0.2) is 13.2 Å². The van der Waals surface area contributed by atoms with Crippen LogP contribution in [0.1, 0.15) is 4.79 Å². The molecule has 0 spiro atoms. The third kappa shape index (κ3) is 3.07. The molecule has 0 bridgehead atoms. The van der Waals surface area contributed by atoms with E-state index in [4.69, 9.17) is 4.74 Å². The topological polar surface area (TPSA) is 82.4 Å². The Morgan fingerprint density at radius 2 is 1.58 bits per heavy atom. The molecule has 0 saturated heterocycles. The predicted octanol–water partition coefficient (Wildman–Crippen LogP) is 2.26. The Labute approximate surface area is 138 Å². The maximum absolute atomic E-state index is 12.2. The van der Waals surface area contributed by atoms with E-state index in [9.17, 15) is 18.0 Å². The van der Waals surface area contributed by atoms with Gasteiger partial charge in [0.25, 0.3) is 0 Å². The monoisotopic (exact) mass is 343 g/mol. The zero-order valence-corrected chi connectivity index (χ0v) is 13.3. The summed E-state index contributed by atoms with van der Waals surface area (Å²) in [6, 6.07) is 16.3. The minimum absolute atomic E-state index is 0.0247. The van der Waals surface area contributed by atoms with E-state index in [1.54, 1.807) is 42.5 Å². The number of sulfone groups is 1. The van der Waals surface area contributed by atoms with Crippen molar-refractivity contribution in [2.75, 3.05) is 5.94 Å². The molecule has 0 aliphatic rings. The summed E-state index contributed by atoms with van der Waals surface area (Å²) in [5, 5.41) is 0.788. The molecule has 0 fully saturated rings. The zero-order chi connectivity index (χ0) is 17.2. The first-order valence-corrected chi connectivity index (χ1v) is 8.69. The van der Waals surface area contributed by atoms with Crippen LogP contribution in [0, 0.1) is 0 Å². The number of nitrogens with zero attached hydrogens (tertiary/aromatic N) is 1. The average molecular weight is 343 g/mol. The van der Waals surface area contributed by atoms with Gasteiger partial charge in [-0.3, -0.25) is 9.36 Å². The Hall–Kier alpha value is -2.93. The largest absolute Gasteiger partial charge is 0.442 e. The Kier molecular flexibility index (Phi) is 4.18. The van der Waals surface area contributed by atoms with E-state index in [-0.39, 0.29) is 4.90 Å². The fourth-order valence-corrected chi connectivity index (χ4v) is 3.22. The van der Waals surface area contributed by atoms with Crippen molar-refractivity contribution in [3.63, 3.8) is 0 Å². The van der Waals surface area contributed by atoms with E-state index in [0.29, 0.717) is 5.52 Å². The molecule has 2 aromatic carbocycles. The molecule has 0 unspecified atom stereocenters. The van der Waals surface area contributed by atoms with Gasteiger partial charge in [0.15, 0.2) is 5.94 Å². The first-order chi connectivity index (χ1) is 11.5. The highest BCUT2D eigenvalue weighted by atomic mass is 32.2. The normalized spacial score (nSPS) is 11.3. The number of para-hydroxylation sites is 1. The van der Waals surface area contributed by atoms with Crippen LogP contribution in [0.5, 0.6) is 0 Å². The van der Waals surface area contributed by atoms with Gasteiger partial charge in [0, 0.05) is 11.6 Å². The minimum atomic E-state index is -3.80. The quantitative estimate of drug-likeness (QED) is 0.538. The molecular formula is C17H13NO5S. The van der Waals surface area contributed by atoms with Crippen LogP contribution >= 0.6 is 0 Å². The van der Waals surface area contributed by atoms with Gasteiger partial charge in [-0.05, 0) is 24.3 Å². The van der Waals surface area contributed by atoms with Gasteiger partial charge in [-0.2, -0.15) is 0 Å². The first-order valence-electron chi connectivity index (χ1n) is 7.04. The third-order valence-electron chi connectivity index (χ3n) is 3.44. The van der Waals surface area contributed by atoms with Crippen molar-refractivity contribution in [1.82, 2.24) is 4.57 Å². The number of aromatic nitrogens is 1. The second kappa shape index (κ2) is 6.29. The molecule has 0 saturated carbocycles. The standard InChI is InChI=1S/C17H13NO5S/c19-16(18-11-10-13-6-4-5-9-15(13)18)17(20)23-12-24(21,22)14-7-2-1-3-8-14/h1-11H,12H2. The lowest BCUT2D eigenvalue weighted by molar-refractivity contribution is -0.136. The van der Waals surface area contributed by atoms with Gasteiger partial charge in [-0.15, -0.1) is 0 Å². The van der Waals surface area contributed by atoms with E-state index in [2.05, 4.69) is 0 Å². The van der Waals surface area contributed by atoms with Crippen molar-refractivity contribution < 1.29 is 22.7 Å². The van der Waals surface area contributed by atoms with Crippen LogP contribution in [0.4, 0.5) is 0 Å². The molecule has 1 heterocycles. The van der Waals surface area contributed by atoms with Crippen LogP contribution in [0.15, 0.2) is 71.8 Å². The van der Waals surface area contributed by atoms with E-state index >= 15 is 0 Å². The van der Waals surface area contributed by atoms with Crippen LogP contribution in [0.3, 0.4) is 0 Å². The van der Waals surface area contributed by atoms with Crippen molar-refractivity contribution in [3.05, 3.63) is 66.9 Å². The number of ether oxygens (including phenoxy) is 1. The van der Waals surface area contributed by atoms with E-state index in [1.807, 2.05) is 6.07 Å². The van der Waals surface area contributed by atoms with E-state index in [1.165, 1.54) is 18.3 Å². The number of fused-ring (bicyclic) bond motifs is 1. The molecule has 122 valence electrons. The van der Waals surface area contributed by atoms with Gasteiger partial charge in [0.2, 0.25) is 9.84 Å². The molecule has 1 aromatic heterocycles. The maximum atomic E-state index is 12.2. The number of hydrogen-bond donors (Lipinski definition) is 0. The summed E-state index contributed by atoms with van der Waals surface area (Å²) >= 11 is 0. The lowest BCUT2D eigenvalue weighted by atomic mass is 10.2. The second-order valence-corrected chi connectivity index (χ2v) is 6.96. The fraction of sp³-hybridized carbons (Fsp3) is 0.0588. The smallest absolute Gasteiger partial charge is 0.398 e.